The number of nitrogens with zero attached hydrogens (tertiary/aromatic N) is 1. The van der Waals surface area contributed by atoms with Crippen molar-refractivity contribution in [2.24, 2.45) is 5.73 Å². The van der Waals surface area contributed by atoms with Crippen LogP contribution in [0, 0.1) is 6.92 Å². The van der Waals surface area contributed by atoms with Crippen LogP contribution in [0.3, 0.4) is 0 Å². The number of hydrogen-bond donors (Lipinski definition) is 1. The molecule has 3 heteroatoms. The molecule has 1 fully saturated rings. The van der Waals surface area contributed by atoms with Crippen LogP contribution in [0.2, 0.25) is 0 Å². The fourth-order valence-corrected chi connectivity index (χ4v) is 2.42. The standard InChI is InChI=1S/C16H26N2O/c1-4-13(3)19-16-6-5-15(11-12(16)2)18-9-7-14(17)8-10-18/h5-6,11,13-14H,4,7-10,17H2,1-3H3. The van der Waals surface area contributed by atoms with Gasteiger partial charge in [0.1, 0.15) is 5.75 Å². The molecule has 0 spiro atoms. The average molecular weight is 262 g/mol. The van der Waals surface area contributed by atoms with E-state index in [-0.39, 0.29) is 6.10 Å². The molecule has 1 aromatic carbocycles. The maximum absolute atomic E-state index is 5.95. The average Bonchev–Trinajstić information content (AvgIpc) is 2.41. The minimum Gasteiger partial charge on any atom is -0.490 e. The van der Waals surface area contributed by atoms with E-state index in [1.54, 1.807) is 0 Å². The molecule has 1 aliphatic heterocycles. The van der Waals surface area contributed by atoms with Gasteiger partial charge < -0.3 is 15.4 Å². The smallest absolute Gasteiger partial charge is 0.122 e. The van der Waals surface area contributed by atoms with Crippen LogP contribution in [-0.2, 0) is 0 Å². The van der Waals surface area contributed by atoms with E-state index >= 15 is 0 Å². The van der Waals surface area contributed by atoms with E-state index in [1.165, 1.54) is 11.3 Å². The minimum absolute atomic E-state index is 0.275. The number of anilines is 1. The Morgan fingerprint density at radius 1 is 1.37 bits per heavy atom. The van der Waals surface area contributed by atoms with E-state index in [2.05, 4.69) is 43.9 Å². The normalized spacial score (nSPS) is 18.4. The molecule has 1 aliphatic rings. The van der Waals surface area contributed by atoms with Crippen LogP contribution in [0.4, 0.5) is 5.69 Å². The largest absolute Gasteiger partial charge is 0.490 e. The Bertz CT molecular complexity index is 411. The first-order chi connectivity index (χ1) is 9.10. The van der Waals surface area contributed by atoms with Crippen molar-refractivity contribution in [1.82, 2.24) is 0 Å². The van der Waals surface area contributed by atoms with Crippen molar-refractivity contribution in [3.05, 3.63) is 23.8 Å². The number of nitrogens with two attached hydrogens (primary N) is 1. The van der Waals surface area contributed by atoms with Gasteiger partial charge >= 0.3 is 0 Å². The highest BCUT2D eigenvalue weighted by Gasteiger charge is 2.17. The first-order valence-electron chi connectivity index (χ1n) is 7.38. The highest BCUT2D eigenvalue weighted by Crippen LogP contribution is 2.27. The van der Waals surface area contributed by atoms with Crippen molar-refractivity contribution in [1.29, 1.82) is 0 Å². The van der Waals surface area contributed by atoms with Crippen LogP contribution in [0.5, 0.6) is 5.75 Å². The molecule has 0 radical (unpaired) electrons. The van der Waals surface area contributed by atoms with E-state index in [4.69, 9.17) is 10.5 Å². The van der Waals surface area contributed by atoms with Gasteiger partial charge in [-0.2, -0.15) is 0 Å². The first-order valence-corrected chi connectivity index (χ1v) is 7.38. The second-order valence-corrected chi connectivity index (χ2v) is 5.61. The van der Waals surface area contributed by atoms with Crippen LogP contribution >= 0.6 is 0 Å². The third-order valence-electron chi connectivity index (χ3n) is 3.97. The molecule has 1 unspecified atom stereocenters. The molecule has 0 aliphatic carbocycles. The highest BCUT2D eigenvalue weighted by atomic mass is 16.5. The van der Waals surface area contributed by atoms with E-state index in [9.17, 15) is 0 Å². The van der Waals surface area contributed by atoms with Crippen LogP contribution in [0.25, 0.3) is 0 Å². The van der Waals surface area contributed by atoms with E-state index in [0.717, 1.165) is 38.1 Å². The third kappa shape index (κ3) is 3.63. The quantitative estimate of drug-likeness (QED) is 0.906. The molecule has 2 N–H and O–H groups in total. The van der Waals surface area contributed by atoms with Gasteiger partial charge in [0, 0.05) is 24.8 Å². The van der Waals surface area contributed by atoms with Crippen LogP contribution in [0.15, 0.2) is 18.2 Å². The number of ether oxygens (including phenoxy) is 1. The lowest BCUT2D eigenvalue weighted by molar-refractivity contribution is 0.216. The summed E-state index contributed by atoms with van der Waals surface area (Å²) in [5, 5.41) is 0. The Labute approximate surface area is 116 Å². The fraction of sp³-hybridized carbons (Fsp3) is 0.625. The maximum atomic E-state index is 5.95. The van der Waals surface area contributed by atoms with Crippen molar-refractivity contribution in [3.8, 4) is 5.75 Å². The lowest BCUT2D eigenvalue weighted by Crippen LogP contribution is -2.39. The molecule has 3 nitrogen and oxygen atoms in total. The summed E-state index contributed by atoms with van der Waals surface area (Å²) in [7, 11) is 0. The van der Waals surface area contributed by atoms with Gasteiger partial charge in [0.2, 0.25) is 0 Å². The Hall–Kier alpha value is -1.22. The molecular weight excluding hydrogens is 236 g/mol. The Balaban J connectivity index is 2.06. The summed E-state index contributed by atoms with van der Waals surface area (Å²) in [4.78, 5) is 2.42. The van der Waals surface area contributed by atoms with Crippen molar-refractivity contribution in [2.75, 3.05) is 18.0 Å². The molecule has 1 saturated heterocycles. The van der Waals surface area contributed by atoms with Crippen LogP contribution < -0.4 is 15.4 Å². The maximum Gasteiger partial charge on any atom is 0.122 e. The Kier molecular flexibility index (Phi) is 4.70. The lowest BCUT2D eigenvalue weighted by atomic mass is 10.0. The minimum atomic E-state index is 0.275. The van der Waals surface area contributed by atoms with Gasteiger partial charge in [-0.05, 0) is 56.9 Å². The highest BCUT2D eigenvalue weighted by molar-refractivity contribution is 5.53. The van der Waals surface area contributed by atoms with E-state index < -0.39 is 0 Å². The molecule has 1 atom stereocenters. The summed E-state index contributed by atoms with van der Waals surface area (Å²) in [6, 6.07) is 6.88. The van der Waals surface area contributed by atoms with Crippen molar-refractivity contribution in [2.45, 2.75) is 52.2 Å². The van der Waals surface area contributed by atoms with Gasteiger partial charge in [0.25, 0.3) is 0 Å². The zero-order valence-corrected chi connectivity index (χ0v) is 12.4. The van der Waals surface area contributed by atoms with Crippen LogP contribution in [-0.4, -0.2) is 25.2 Å². The Morgan fingerprint density at radius 2 is 2.05 bits per heavy atom. The summed E-state index contributed by atoms with van der Waals surface area (Å²) < 4.78 is 5.92. The summed E-state index contributed by atoms with van der Waals surface area (Å²) in [6.07, 6.45) is 3.48. The molecule has 0 amide bonds. The molecule has 19 heavy (non-hydrogen) atoms. The molecule has 2 rings (SSSR count). The number of piperidine rings is 1. The number of benzene rings is 1. The summed E-state index contributed by atoms with van der Waals surface area (Å²) in [6.45, 7) is 8.50. The predicted octanol–water partition coefficient (Wildman–Crippen LogP) is 3.10. The van der Waals surface area contributed by atoms with E-state index in [1.807, 2.05) is 0 Å². The van der Waals surface area contributed by atoms with Gasteiger partial charge in [-0.15, -0.1) is 0 Å². The van der Waals surface area contributed by atoms with Gasteiger partial charge in [-0.1, -0.05) is 6.92 Å². The molecule has 106 valence electrons. The summed E-state index contributed by atoms with van der Waals surface area (Å²) in [5.74, 6) is 1.01. The van der Waals surface area contributed by atoms with Gasteiger partial charge in [0.05, 0.1) is 6.10 Å². The number of hydrogen-bond acceptors (Lipinski definition) is 3. The molecular formula is C16H26N2O. The molecule has 1 heterocycles. The fourth-order valence-electron chi connectivity index (χ4n) is 2.42. The second-order valence-electron chi connectivity index (χ2n) is 5.61. The monoisotopic (exact) mass is 262 g/mol. The summed E-state index contributed by atoms with van der Waals surface area (Å²) >= 11 is 0. The van der Waals surface area contributed by atoms with Crippen molar-refractivity contribution < 1.29 is 4.74 Å². The summed E-state index contributed by atoms with van der Waals surface area (Å²) in [5.41, 5.74) is 8.46. The van der Waals surface area contributed by atoms with Gasteiger partial charge in [0.15, 0.2) is 0 Å². The van der Waals surface area contributed by atoms with Crippen molar-refractivity contribution in [3.63, 3.8) is 0 Å². The van der Waals surface area contributed by atoms with Crippen molar-refractivity contribution >= 4 is 5.69 Å². The zero-order chi connectivity index (χ0) is 13.8. The predicted molar refractivity (Wildman–Crippen MR) is 81.0 cm³/mol. The van der Waals surface area contributed by atoms with Gasteiger partial charge in [-0.25, -0.2) is 0 Å². The Morgan fingerprint density at radius 3 is 2.63 bits per heavy atom. The van der Waals surface area contributed by atoms with Crippen LogP contribution in [0.1, 0.15) is 38.7 Å². The topological polar surface area (TPSA) is 38.5 Å². The number of aryl methyl sites for hydroxylation is 1. The lowest BCUT2D eigenvalue weighted by Gasteiger charge is -2.32. The molecule has 1 aromatic rings. The molecule has 0 bridgehead atoms. The zero-order valence-electron chi connectivity index (χ0n) is 12.4. The first kappa shape index (κ1) is 14.2. The number of rotatable bonds is 4. The third-order valence-corrected chi connectivity index (χ3v) is 3.97. The van der Waals surface area contributed by atoms with Gasteiger partial charge in [-0.3, -0.25) is 0 Å². The molecule has 0 aromatic heterocycles. The van der Waals surface area contributed by atoms with E-state index in [0.29, 0.717) is 6.04 Å². The SMILES string of the molecule is CCC(C)Oc1ccc(N2CCC(N)CC2)cc1C. The second kappa shape index (κ2) is 6.29. The molecule has 0 saturated carbocycles.